The highest BCUT2D eigenvalue weighted by molar-refractivity contribution is 5.76. The molecule has 0 aliphatic carbocycles. The summed E-state index contributed by atoms with van der Waals surface area (Å²) >= 11 is 0. The molecule has 0 bridgehead atoms. The number of nitrogens with one attached hydrogen (secondary N) is 3. The molecule has 0 aliphatic heterocycles. The molecule has 3 N–H and O–H groups in total. The summed E-state index contributed by atoms with van der Waals surface area (Å²) in [4.78, 5) is 53.6. The van der Waals surface area contributed by atoms with Crippen LogP contribution >= 0.6 is 0 Å². The first-order chi connectivity index (χ1) is 26.5. The van der Waals surface area contributed by atoms with E-state index in [0.29, 0.717) is 19.4 Å². The van der Waals surface area contributed by atoms with Crippen molar-refractivity contribution in [2.45, 2.75) is 70.2 Å². The number of esters is 1. The summed E-state index contributed by atoms with van der Waals surface area (Å²) in [7, 11) is 0. The Labute approximate surface area is 325 Å². The van der Waals surface area contributed by atoms with Crippen LogP contribution in [0.5, 0.6) is 0 Å². The predicted molar refractivity (Wildman–Crippen MR) is 212 cm³/mol. The van der Waals surface area contributed by atoms with Crippen LogP contribution in [-0.4, -0.2) is 86.2 Å². The zero-order valence-corrected chi connectivity index (χ0v) is 32.2. The Kier molecular flexibility index (Phi) is 19.0. The van der Waals surface area contributed by atoms with Crippen molar-refractivity contribution < 1.29 is 38.1 Å². The molecule has 2 unspecified atom stereocenters. The first-order valence-electron chi connectivity index (χ1n) is 18.6. The average molecular weight is 757 g/mol. The minimum Gasteiger partial charge on any atom is -0.460 e. The Bertz CT molecular complexity index is 1580. The normalized spacial score (nSPS) is 12.1. The van der Waals surface area contributed by atoms with Gasteiger partial charge >= 0.3 is 24.2 Å². The standard InChI is InChI=1S/C43H56N4O8/c1-6-28-52-39(48)38(24-17-26-44-40(49)54-32-33-18-11-8-12-19-33)46-36(30-45-41(50)55-43(3,4)5)25-27-47(42(51)53-29-7-2)31-37(34-20-13-9-14-21-34)35-22-15-10-16-23-35/h6-16,18-23,36-38,46H,1-2,17,24-32H2,3-5H3,(H,44,49)(H,45,50). The smallest absolute Gasteiger partial charge is 0.410 e. The first kappa shape index (κ1) is 43.8. The van der Waals surface area contributed by atoms with Crippen LogP contribution in [0, 0.1) is 0 Å². The molecule has 3 amide bonds. The number of alkyl carbamates (subject to hydrolysis) is 2. The topological polar surface area (TPSA) is 145 Å². The van der Waals surface area contributed by atoms with Crippen LogP contribution in [-0.2, 0) is 30.3 Å². The Morgan fingerprint density at radius 2 is 1.33 bits per heavy atom. The number of hydrogen-bond donors (Lipinski definition) is 3. The highest BCUT2D eigenvalue weighted by Crippen LogP contribution is 2.26. The quantitative estimate of drug-likeness (QED) is 0.0423. The lowest BCUT2D eigenvalue weighted by Crippen LogP contribution is -2.51. The Balaban J connectivity index is 1.79. The fraction of sp³-hybridized carbons (Fsp3) is 0.395. The minimum absolute atomic E-state index is 0.00514. The van der Waals surface area contributed by atoms with Crippen LogP contribution in [0.25, 0.3) is 0 Å². The number of carbonyl (C=O) groups excluding carboxylic acids is 4. The molecule has 3 aromatic carbocycles. The fourth-order valence-corrected chi connectivity index (χ4v) is 5.62. The molecule has 0 saturated heterocycles. The van der Waals surface area contributed by atoms with E-state index in [1.54, 1.807) is 25.7 Å². The first-order valence-corrected chi connectivity index (χ1v) is 18.6. The third-order valence-corrected chi connectivity index (χ3v) is 8.25. The van der Waals surface area contributed by atoms with Gasteiger partial charge in [-0.25, -0.2) is 14.4 Å². The van der Waals surface area contributed by atoms with Gasteiger partial charge in [-0.05, 0) is 56.7 Å². The molecule has 3 rings (SSSR count). The average Bonchev–Trinajstić information content (AvgIpc) is 3.18. The summed E-state index contributed by atoms with van der Waals surface area (Å²) in [6.45, 7) is 13.6. The van der Waals surface area contributed by atoms with Crippen LogP contribution in [0.15, 0.2) is 116 Å². The molecule has 0 aliphatic rings. The molecular weight excluding hydrogens is 700 g/mol. The van der Waals surface area contributed by atoms with E-state index in [1.165, 1.54) is 12.2 Å². The molecule has 0 radical (unpaired) electrons. The van der Waals surface area contributed by atoms with Crippen molar-refractivity contribution in [3.63, 3.8) is 0 Å². The van der Waals surface area contributed by atoms with Crippen LogP contribution in [0.1, 0.15) is 62.6 Å². The van der Waals surface area contributed by atoms with Gasteiger partial charge in [0.25, 0.3) is 0 Å². The van der Waals surface area contributed by atoms with Gasteiger partial charge < -0.3 is 34.5 Å². The summed E-state index contributed by atoms with van der Waals surface area (Å²) in [6.07, 6.45) is 2.26. The lowest BCUT2D eigenvalue weighted by atomic mass is 9.90. The number of ether oxygens (including phenoxy) is 4. The van der Waals surface area contributed by atoms with Gasteiger partial charge in [0.05, 0.1) is 0 Å². The van der Waals surface area contributed by atoms with E-state index in [-0.39, 0.29) is 51.8 Å². The largest absolute Gasteiger partial charge is 0.460 e. The third-order valence-electron chi connectivity index (χ3n) is 8.25. The van der Waals surface area contributed by atoms with Crippen molar-refractivity contribution in [3.8, 4) is 0 Å². The summed E-state index contributed by atoms with van der Waals surface area (Å²) < 4.78 is 21.7. The second-order valence-electron chi connectivity index (χ2n) is 13.8. The van der Waals surface area contributed by atoms with Crippen LogP contribution in [0.3, 0.4) is 0 Å². The van der Waals surface area contributed by atoms with Gasteiger partial charge in [-0.15, -0.1) is 0 Å². The lowest BCUT2D eigenvalue weighted by molar-refractivity contribution is -0.145. The zero-order chi connectivity index (χ0) is 39.9. The molecule has 0 heterocycles. The summed E-state index contributed by atoms with van der Waals surface area (Å²) in [6, 6.07) is 27.8. The zero-order valence-electron chi connectivity index (χ0n) is 32.2. The van der Waals surface area contributed by atoms with Crippen molar-refractivity contribution >= 4 is 24.2 Å². The molecule has 0 saturated carbocycles. The number of hydrogen-bond acceptors (Lipinski definition) is 9. The second-order valence-corrected chi connectivity index (χ2v) is 13.8. The van der Waals surface area contributed by atoms with Gasteiger partial charge in [0.2, 0.25) is 0 Å². The van der Waals surface area contributed by atoms with E-state index in [4.69, 9.17) is 18.9 Å². The molecular formula is C43H56N4O8. The maximum atomic E-state index is 13.6. The number of carbonyl (C=O) groups is 4. The van der Waals surface area contributed by atoms with Gasteiger partial charge in [0.1, 0.15) is 31.5 Å². The van der Waals surface area contributed by atoms with Crippen molar-refractivity contribution in [3.05, 3.63) is 133 Å². The maximum Gasteiger partial charge on any atom is 0.410 e. The number of nitrogens with zero attached hydrogens (tertiary/aromatic N) is 1. The Morgan fingerprint density at radius 3 is 1.91 bits per heavy atom. The van der Waals surface area contributed by atoms with E-state index in [1.807, 2.05) is 91.0 Å². The van der Waals surface area contributed by atoms with Crippen molar-refractivity contribution in [2.75, 3.05) is 39.4 Å². The Hall–Kier alpha value is -5.62. The van der Waals surface area contributed by atoms with E-state index >= 15 is 0 Å². The molecule has 0 aromatic heterocycles. The summed E-state index contributed by atoms with van der Waals surface area (Å²) in [5.74, 6) is -0.692. The summed E-state index contributed by atoms with van der Waals surface area (Å²) in [5, 5.41) is 8.88. The highest BCUT2D eigenvalue weighted by atomic mass is 16.6. The van der Waals surface area contributed by atoms with Crippen molar-refractivity contribution in [2.24, 2.45) is 0 Å². The predicted octanol–water partition coefficient (Wildman–Crippen LogP) is 7.12. The van der Waals surface area contributed by atoms with E-state index in [9.17, 15) is 19.2 Å². The van der Waals surface area contributed by atoms with E-state index in [2.05, 4.69) is 29.1 Å². The lowest BCUT2D eigenvalue weighted by Gasteiger charge is -2.31. The highest BCUT2D eigenvalue weighted by Gasteiger charge is 2.28. The van der Waals surface area contributed by atoms with Gasteiger partial charge in [0.15, 0.2) is 0 Å². The number of benzene rings is 3. The van der Waals surface area contributed by atoms with Gasteiger partial charge in [-0.1, -0.05) is 116 Å². The van der Waals surface area contributed by atoms with Gasteiger partial charge in [-0.3, -0.25) is 10.1 Å². The van der Waals surface area contributed by atoms with E-state index < -0.39 is 41.9 Å². The molecule has 296 valence electrons. The number of amides is 3. The Morgan fingerprint density at radius 1 is 0.745 bits per heavy atom. The molecule has 12 nitrogen and oxygen atoms in total. The van der Waals surface area contributed by atoms with E-state index in [0.717, 1.165) is 16.7 Å². The van der Waals surface area contributed by atoms with Crippen LogP contribution in [0.4, 0.5) is 14.4 Å². The molecule has 2 atom stereocenters. The molecule has 12 heteroatoms. The molecule has 3 aromatic rings. The third kappa shape index (κ3) is 17.4. The SMILES string of the molecule is C=CCOC(=O)C(CCCNC(=O)OCc1ccccc1)NC(CCN(CC(c1ccccc1)c1ccccc1)C(=O)OCC=C)CNC(=O)OC(C)(C)C. The molecule has 55 heavy (non-hydrogen) atoms. The fourth-order valence-electron chi connectivity index (χ4n) is 5.62. The summed E-state index contributed by atoms with van der Waals surface area (Å²) in [5.41, 5.74) is 2.19. The van der Waals surface area contributed by atoms with Gasteiger partial charge in [0, 0.05) is 38.1 Å². The van der Waals surface area contributed by atoms with Crippen LogP contribution < -0.4 is 16.0 Å². The second kappa shape index (κ2) is 23.9. The van der Waals surface area contributed by atoms with Crippen LogP contribution in [0.2, 0.25) is 0 Å². The molecule has 0 spiro atoms. The maximum absolute atomic E-state index is 13.6. The van der Waals surface area contributed by atoms with Gasteiger partial charge in [-0.2, -0.15) is 0 Å². The van der Waals surface area contributed by atoms with Crippen molar-refractivity contribution in [1.82, 2.24) is 20.9 Å². The van der Waals surface area contributed by atoms with Crippen molar-refractivity contribution in [1.29, 1.82) is 0 Å². The number of rotatable bonds is 22. The minimum atomic E-state index is -0.824. The molecule has 0 fully saturated rings. The monoisotopic (exact) mass is 756 g/mol.